The summed E-state index contributed by atoms with van der Waals surface area (Å²) >= 11 is 5.35. The van der Waals surface area contributed by atoms with Gasteiger partial charge < -0.3 is 14.8 Å². The summed E-state index contributed by atoms with van der Waals surface area (Å²) in [4.78, 5) is 35.2. The van der Waals surface area contributed by atoms with E-state index in [-0.39, 0.29) is 13.2 Å². The van der Waals surface area contributed by atoms with E-state index in [1.54, 1.807) is 24.3 Å². The van der Waals surface area contributed by atoms with Gasteiger partial charge in [-0.25, -0.2) is 9.59 Å². The predicted molar refractivity (Wildman–Crippen MR) is 95.3 cm³/mol. The first-order valence-electron chi connectivity index (χ1n) is 7.90. The molecule has 0 radical (unpaired) electrons. The van der Waals surface area contributed by atoms with Crippen LogP contribution in [0.4, 0.5) is 4.79 Å². The Kier molecular flexibility index (Phi) is 7.64. The van der Waals surface area contributed by atoms with Gasteiger partial charge in [0.05, 0.1) is 6.42 Å². The molecule has 0 aliphatic carbocycles. The Balaban J connectivity index is 1.87. The van der Waals surface area contributed by atoms with Gasteiger partial charge in [0.25, 0.3) is 0 Å². The number of halogens is 1. The topological polar surface area (TPSA) is 81.7 Å². The summed E-state index contributed by atoms with van der Waals surface area (Å²) in [6.07, 6.45) is -1.23. The van der Waals surface area contributed by atoms with E-state index in [9.17, 15) is 14.4 Å². The van der Waals surface area contributed by atoms with Crippen LogP contribution in [0.5, 0.6) is 0 Å². The zero-order valence-corrected chi connectivity index (χ0v) is 14.6. The SMILES string of the molecule is O=C(Cl)CC(NC(=O)OCc1ccccc1)C(=O)OCc1ccccc1. The van der Waals surface area contributed by atoms with E-state index < -0.39 is 29.8 Å². The summed E-state index contributed by atoms with van der Waals surface area (Å²) in [6.45, 7) is 0.0562. The zero-order valence-electron chi connectivity index (χ0n) is 13.9. The first kappa shape index (κ1) is 19.5. The monoisotopic (exact) mass is 375 g/mol. The van der Waals surface area contributed by atoms with Gasteiger partial charge in [-0.05, 0) is 22.7 Å². The lowest BCUT2D eigenvalue weighted by atomic mass is 10.2. The quantitative estimate of drug-likeness (QED) is 0.566. The maximum Gasteiger partial charge on any atom is 0.408 e. The molecule has 1 atom stereocenters. The smallest absolute Gasteiger partial charge is 0.408 e. The van der Waals surface area contributed by atoms with Gasteiger partial charge in [0.15, 0.2) is 0 Å². The van der Waals surface area contributed by atoms with Crippen molar-refractivity contribution in [3.05, 3.63) is 71.8 Å². The average Bonchev–Trinajstić information content (AvgIpc) is 2.65. The Hall–Kier alpha value is -2.86. The molecule has 1 unspecified atom stereocenters. The Morgan fingerprint density at radius 1 is 0.846 bits per heavy atom. The van der Waals surface area contributed by atoms with Crippen LogP contribution in [0.15, 0.2) is 60.7 Å². The van der Waals surface area contributed by atoms with Crippen molar-refractivity contribution in [1.29, 1.82) is 0 Å². The normalized spacial score (nSPS) is 11.3. The third-order valence-corrected chi connectivity index (χ3v) is 3.53. The number of benzene rings is 2. The van der Waals surface area contributed by atoms with Gasteiger partial charge in [0, 0.05) is 0 Å². The third-order valence-electron chi connectivity index (χ3n) is 3.38. The van der Waals surface area contributed by atoms with Gasteiger partial charge in [0.1, 0.15) is 19.3 Å². The van der Waals surface area contributed by atoms with Crippen LogP contribution in [-0.2, 0) is 32.3 Å². The molecule has 0 saturated carbocycles. The van der Waals surface area contributed by atoms with Crippen molar-refractivity contribution in [2.75, 3.05) is 0 Å². The summed E-state index contributed by atoms with van der Waals surface area (Å²) in [5.41, 5.74) is 1.57. The lowest BCUT2D eigenvalue weighted by molar-refractivity contribution is -0.148. The maximum absolute atomic E-state index is 12.2. The largest absolute Gasteiger partial charge is 0.459 e. The first-order valence-corrected chi connectivity index (χ1v) is 8.28. The van der Waals surface area contributed by atoms with E-state index in [0.717, 1.165) is 11.1 Å². The first-order chi connectivity index (χ1) is 12.5. The Morgan fingerprint density at radius 2 is 1.35 bits per heavy atom. The van der Waals surface area contributed by atoms with E-state index in [1.165, 1.54) is 0 Å². The van der Waals surface area contributed by atoms with Crippen LogP contribution >= 0.6 is 11.6 Å². The summed E-state index contributed by atoms with van der Waals surface area (Å²) in [6, 6.07) is 16.9. The van der Waals surface area contributed by atoms with E-state index in [2.05, 4.69) is 5.32 Å². The molecular weight excluding hydrogens is 358 g/mol. The van der Waals surface area contributed by atoms with Crippen LogP contribution in [-0.4, -0.2) is 23.3 Å². The van der Waals surface area contributed by atoms with Crippen LogP contribution in [0.2, 0.25) is 0 Å². The minimum atomic E-state index is -1.22. The van der Waals surface area contributed by atoms with E-state index in [0.29, 0.717) is 0 Å². The maximum atomic E-state index is 12.2. The van der Waals surface area contributed by atoms with Crippen LogP contribution < -0.4 is 5.32 Å². The Morgan fingerprint density at radius 3 is 1.85 bits per heavy atom. The number of hydrogen-bond donors (Lipinski definition) is 1. The second-order valence-electron chi connectivity index (χ2n) is 5.41. The van der Waals surface area contributed by atoms with Crippen molar-refractivity contribution in [3.63, 3.8) is 0 Å². The summed E-state index contributed by atoms with van der Waals surface area (Å²) in [5, 5.41) is 1.55. The number of alkyl carbamates (subject to hydrolysis) is 1. The summed E-state index contributed by atoms with van der Waals surface area (Å²) in [5.74, 6) is -0.764. The second kappa shape index (κ2) is 10.2. The molecule has 2 aromatic rings. The molecule has 0 spiro atoms. The average molecular weight is 376 g/mol. The van der Waals surface area contributed by atoms with Gasteiger partial charge in [-0.2, -0.15) is 0 Å². The summed E-state index contributed by atoms with van der Waals surface area (Å²) in [7, 11) is 0. The molecule has 0 saturated heterocycles. The van der Waals surface area contributed by atoms with Gasteiger partial charge in [-0.1, -0.05) is 60.7 Å². The van der Waals surface area contributed by atoms with E-state index in [1.807, 2.05) is 36.4 Å². The highest BCUT2D eigenvalue weighted by molar-refractivity contribution is 6.63. The molecular formula is C19H18ClNO5. The van der Waals surface area contributed by atoms with Crippen molar-refractivity contribution < 1.29 is 23.9 Å². The number of carbonyl (C=O) groups is 3. The third kappa shape index (κ3) is 6.94. The van der Waals surface area contributed by atoms with Crippen molar-refractivity contribution in [2.45, 2.75) is 25.7 Å². The Bertz CT molecular complexity index is 736. The van der Waals surface area contributed by atoms with E-state index in [4.69, 9.17) is 21.1 Å². The summed E-state index contributed by atoms with van der Waals surface area (Å²) < 4.78 is 10.2. The number of nitrogens with one attached hydrogen (secondary N) is 1. The number of ether oxygens (including phenoxy) is 2. The molecule has 2 rings (SSSR count). The second-order valence-corrected chi connectivity index (χ2v) is 5.83. The fourth-order valence-corrected chi connectivity index (χ4v) is 2.24. The molecule has 0 bridgehead atoms. The van der Waals surface area contributed by atoms with Crippen LogP contribution in [0, 0.1) is 0 Å². The number of carbonyl (C=O) groups excluding carboxylic acids is 3. The van der Waals surface area contributed by atoms with E-state index >= 15 is 0 Å². The number of hydrogen-bond acceptors (Lipinski definition) is 5. The number of amides is 1. The van der Waals surface area contributed by atoms with Gasteiger partial charge in [0.2, 0.25) is 5.24 Å². The zero-order chi connectivity index (χ0) is 18.8. The molecule has 26 heavy (non-hydrogen) atoms. The van der Waals surface area contributed by atoms with Crippen molar-refractivity contribution in [2.24, 2.45) is 0 Å². The van der Waals surface area contributed by atoms with Gasteiger partial charge in [-0.3, -0.25) is 4.79 Å². The Labute approximate surface area is 156 Å². The standard InChI is InChI=1S/C19H18ClNO5/c20-17(22)11-16(18(23)25-12-14-7-3-1-4-8-14)21-19(24)26-13-15-9-5-2-6-10-15/h1-10,16H,11-13H2,(H,21,24). The van der Waals surface area contributed by atoms with Crippen molar-refractivity contribution in [3.8, 4) is 0 Å². The lowest BCUT2D eigenvalue weighted by Crippen LogP contribution is -2.43. The minimum Gasteiger partial charge on any atom is -0.459 e. The predicted octanol–water partition coefficient (Wildman–Crippen LogP) is 3.18. The molecule has 0 heterocycles. The highest BCUT2D eigenvalue weighted by Gasteiger charge is 2.25. The van der Waals surface area contributed by atoms with Gasteiger partial charge in [-0.15, -0.1) is 0 Å². The lowest BCUT2D eigenvalue weighted by Gasteiger charge is -2.16. The molecule has 0 aliphatic rings. The molecule has 7 heteroatoms. The van der Waals surface area contributed by atoms with Crippen molar-refractivity contribution in [1.82, 2.24) is 5.32 Å². The van der Waals surface area contributed by atoms with Crippen LogP contribution in [0.3, 0.4) is 0 Å². The molecule has 136 valence electrons. The molecule has 2 aromatic carbocycles. The van der Waals surface area contributed by atoms with Crippen LogP contribution in [0.1, 0.15) is 17.5 Å². The number of rotatable bonds is 8. The molecule has 1 amide bonds. The molecule has 0 aliphatic heterocycles. The highest BCUT2D eigenvalue weighted by Crippen LogP contribution is 2.06. The molecule has 6 nitrogen and oxygen atoms in total. The molecule has 0 aromatic heterocycles. The molecule has 0 fully saturated rings. The fourth-order valence-electron chi connectivity index (χ4n) is 2.09. The highest BCUT2D eigenvalue weighted by atomic mass is 35.5. The fraction of sp³-hybridized carbons (Fsp3) is 0.211. The number of esters is 1. The molecule has 1 N–H and O–H groups in total. The van der Waals surface area contributed by atoms with Gasteiger partial charge >= 0.3 is 12.1 Å². The van der Waals surface area contributed by atoms with Crippen molar-refractivity contribution >= 4 is 28.9 Å². The van der Waals surface area contributed by atoms with Crippen LogP contribution in [0.25, 0.3) is 0 Å². The minimum absolute atomic E-state index is 0.0212.